The average Bonchev–Trinajstić information content (AvgIpc) is 2.49. The highest BCUT2D eigenvalue weighted by molar-refractivity contribution is 6.31. The smallest absolute Gasteiger partial charge is 0.255 e. The third-order valence-electron chi connectivity index (χ3n) is 5.10. The summed E-state index contributed by atoms with van der Waals surface area (Å²) in [4.78, 5) is 14.5. The van der Waals surface area contributed by atoms with Crippen LogP contribution in [-0.4, -0.2) is 41.1 Å². The Bertz CT molecular complexity index is 562. The third-order valence-corrected chi connectivity index (χ3v) is 5.47. The number of amides is 1. The summed E-state index contributed by atoms with van der Waals surface area (Å²) in [6.07, 6.45) is 5.10. The van der Waals surface area contributed by atoms with Gasteiger partial charge in [0.15, 0.2) is 5.60 Å². The van der Waals surface area contributed by atoms with Crippen LogP contribution in [0.1, 0.15) is 37.7 Å². The molecule has 126 valence electrons. The summed E-state index contributed by atoms with van der Waals surface area (Å²) in [5.41, 5.74) is -0.296. The fourth-order valence-corrected chi connectivity index (χ4v) is 3.64. The van der Waals surface area contributed by atoms with Gasteiger partial charge in [0.25, 0.3) is 5.91 Å². The molecule has 1 heterocycles. The molecule has 0 radical (unpaired) electrons. The second-order valence-electron chi connectivity index (χ2n) is 6.88. The summed E-state index contributed by atoms with van der Waals surface area (Å²) in [7, 11) is 0. The van der Waals surface area contributed by atoms with Crippen molar-refractivity contribution in [2.75, 3.05) is 19.6 Å². The molecule has 3 rings (SSSR count). The Morgan fingerprint density at radius 1 is 1.30 bits per heavy atom. The van der Waals surface area contributed by atoms with E-state index < -0.39 is 5.60 Å². The standard InChI is InChI=1S/C18H25ClN2O2/c19-16-8-2-1-7-15(16)11-20-13-18(23)9-4-10-21(17(18)22)12-14-5-3-6-14/h1-2,7-8,14,20,23H,3-6,9-13H2. The first-order chi connectivity index (χ1) is 11.1. The topological polar surface area (TPSA) is 52.6 Å². The Labute approximate surface area is 142 Å². The van der Waals surface area contributed by atoms with Crippen molar-refractivity contribution < 1.29 is 9.90 Å². The summed E-state index contributed by atoms with van der Waals surface area (Å²) in [6.45, 7) is 2.42. The molecule has 0 bridgehead atoms. The predicted molar refractivity (Wildman–Crippen MR) is 91.3 cm³/mol. The summed E-state index contributed by atoms with van der Waals surface area (Å²) in [6, 6.07) is 7.62. The number of halogens is 1. The second kappa shape index (κ2) is 7.20. The lowest BCUT2D eigenvalue weighted by molar-refractivity contribution is -0.157. The number of rotatable bonds is 6. The van der Waals surface area contributed by atoms with Crippen LogP contribution in [0.25, 0.3) is 0 Å². The van der Waals surface area contributed by atoms with Crippen LogP contribution in [0.2, 0.25) is 5.02 Å². The first kappa shape index (κ1) is 16.7. The van der Waals surface area contributed by atoms with Crippen LogP contribution in [0.15, 0.2) is 24.3 Å². The zero-order valence-corrected chi connectivity index (χ0v) is 14.2. The molecule has 1 unspecified atom stereocenters. The predicted octanol–water partition coefficient (Wildman–Crippen LogP) is 2.58. The number of likely N-dealkylation sites (tertiary alicyclic amines) is 1. The number of piperidine rings is 1. The van der Waals surface area contributed by atoms with Crippen LogP contribution in [0.4, 0.5) is 0 Å². The maximum Gasteiger partial charge on any atom is 0.255 e. The van der Waals surface area contributed by atoms with E-state index in [0.717, 1.165) is 25.1 Å². The van der Waals surface area contributed by atoms with Gasteiger partial charge in [-0.1, -0.05) is 36.2 Å². The molecule has 1 aliphatic carbocycles. The molecule has 0 aromatic heterocycles. The van der Waals surface area contributed by atoms with E-state index in [-0.39, 0.29) is 12.5 Å². The molecule has 0 spiro atoms. The minimum Gasteiger partial charge on any atom is -0.379 e. The molecule has 1 amide bonds. The number of carbonyl (C=O) groups is 1. The lowest BCUT2D eigenvalue weighted by Gasteiger charge is -2.41. The van der Waals surface area contributed by atoms with Crippen LogP contribution < -0.4 is 5.32 Å². The van der Waals surface area contributed by atoms with Gasteiger partial charge in [0.2, 0.25) is 0 Å². The molecule has 5 heteroatoms. The highest BCUT2D eigenvalue weighted by Gasteiger charge is 2.42. The van der Waals surface area contributed by atoms with Gasteiger partial charge in [0.1, 0.15) is 0 Å². The Morgan fingerprint density at radius 3 is 2.78 bits per heavy atom. The minimum atomic E-state index is -1.27. The van der Waals surface area contributed by atoms with Gasteiger partial charge in [-0.05, 0) is 43.2 Å². The SMILES string of the molecule is O=C1N(CC2CCC2)CCCC1(O)CNCc1ccccc1Cl. The minimum absolute atomic E-state index is 0.109. The summed E-state index contributed by atoms with van der Waals surface area (Å²) in [5, 5.41) is 14.7. The van der Waals surface area contributed by atoms with E-state index in [1.807, 2.05) is 29.2 Å². The number of benzene rings is 1. The molecule has 4 nitrogen and oxygen atoms in total. The molecular weight excluding hydrogens is 312 g/mol. The highest BCUT2D eigenvalue weighted by atomic mass is 35.5. The summed E-state index contributed by atoms with van der Waals surface area (Å²) >= 11 is 6.13. The van der Waals surface area contributed by atoms with Crippen molar-refractivity contribution >= 4 is 17.5 Å². The van der Waals surface area contributed by atoms with E-state index in [9.17, 15) is 9.90 Å². The molecule has 2 fully saturated rings. The molecule has 1 aromatic carbocycles. The third kappa shape index (κ3) is 3.87. The van der Waals surface area contributed by atoms with E-state index >= 15 is 0 Å². The van der Waals surface area contributed by atoms with Crippen molar-refractivity contribution in [2.45, 2.75) is 44.2 Å². The van der Waals surface area contributed by atoms with Gasteiger partial charge < -0.3 is 15.3 Å². The van der Waals surface area contributed by atoms with Crippen molar-refractivity contribution in [1.82, 2.24) is 10.2 Å². The van der Waals surface area contributed by atoms with Gasteiger partial charge in [-0.3, -0.25) is 4.79 Å². The van der Waals surface area contributed by atoms with Gasteiger partial charge >= 0.3 is 0 Å². The number of nitrogens with zero attached hydrogens (tertiary/aromatic N) is 1. The average molecular weight is 337 g/mol. The lowest BCUT2D eigenvalue weighted by atomic mass is 9.83. The second-order valence-corrected chi connectivity index (χ2v) is 7.29. The first-order valence-electron chi connectivity index (χ1n) is 8.54. The number of hydrogen-bond donors (Lipinski definition) is 2. The van der Waals surface area contributed by atoms with Crippen LogP contribution in [0.5, 0.6) is 0 Å². The normalized spacial score (nSPS) is 25.5. The van der Waals surface area contributed by atoms with Crippen LogP contribution in [-0.2, 0) is 11.3 Å². The fourth-order valence-electron chi connectivity index (χ4n) is 3.44. The number of nitrogens with one attached hydrogen (secondary N) is 1. The Hall–Kier alpha value is -1.10. The number of aliphatic hydroxyl groups is 1. The lowest BCUT2D eigenvalue weighted by Crippen LogP contribution is -2.58. The molecular formula is C18H25ClN2O2. The monoisotopic (exact) mass is 336 g/mol. The first-order valence-corrected chi connectivity index (χ1v) is 8.92. The maximum absolute atomic E-state index is 12.6. The van der Waals surface area contributed by atoms with E-state index in [2.05, 4.69) is 5.32 Å². The molecule has 2 N–H and O–H groups in total. The number of hydrogen-bond acceptors (Lipinski definition) is 3. The van der Waals surface area contributed by atoms with E-state index in [4.69, 9.17) is 11.6 Å². The molecule has 1 aromatic rings. The van der Waals surface area contributed by atoms with Crippen LogP contribution in [0.3, 0.4) is 0 Å². The van der Waals surface area contributed by atoms with Crippen molar-refractivity contribution in [3.8, 4) is 0 Å². The van der Waals surface area contributed by atoms with Gasteiger partial charge in [-0.15, -0.1) is 0 Å². The zero-order chi connectivity index (χ0) is 16.3. The van der Waals surface area contributed by atoms with E-state index in [1.54, 1.807) is 0 Å². The molecule has 23 heavy (non-hydrogen) atoms. The molecule has 1 atom stereocenters. The van der Waals surface area contributed by atoms with Gasteiger partial charge in [-0.2, -0.15) is 0 Å². The molecule has 1 saturated heterocycles. The highest BCUT2D eigenvalue weighted by Crippen LogP contribution is 2.30. The molecule has 1 aliphatic heterocycles. The van der Waals surface area contributed by atoms with Crippen molar-refractivity contribution in [1.29, 1.82) is 0 Å². The fraction of sp³-hybridized carbons (Fsp3) is 0.611. The van der Waals surface area contributed by atoms with E-state index in [1.165, 1.54) is 19.3 Å². The van der Waals surface area contributed by atoms with Crippen molar-refractivity contribution in [2.24, 2.45) is 5.92 Å². The van der Waals surface area contributed by atoms with Crippen LogP contribution >= 0.6 is 11.6 Å². The van der Waals surface area contributed by atoms with E-state index in [0.29, 0.717) is 23.9 Å². The van der Waals surface area contributed by atoms with Crippen LogP contribution in [0, 0.1) is 5.92 Å². The summed E-state index contributed by atoms with van der Waals surface area (Å²) in [5.74, 6) is 0.527. The molecule has 1 saturated carbocycles. The van der Waals surface area contributed by atoms with Gasteiger partial charge in [-0.25, -0.2) is 0 Å². The molecule has 2 aliphatic rings. The Kier molecular flexibility index (Phi) is 5.24. The Balaban J connectivity index is 1.54. The number of carbonyl (C=O) groups excluding carboxylic acids is 1. The van der Waals surface area contributed by atoms with Crippen molar-refractivity contribution in [3.63, 3.8) is 0 Å². The Morgan fingerprint density at radius 2 is 2.09 bits per heavy atom. The van der Waals surface area contributed by atoms with Gasteiger partial charge in [0, 0.05) is 31.2 Å². The van der Waals surface area contributed by atoms with Gasteiger partial charge in [0.05, 0.1) is 0 Å². The zero-order valence-electron chi connectivity index (χ0n) is 13.4. The quantitative estimate of drug-likeness (QED) is 0.839. The van der Waals surface area contributed by atoms with Crippen molar-refractivity contribution in [3.05, 3.63) is 34.9 Å². The summed E-state index contributed by atoms with van der Waals surface area (Å²) < 4.78 is 0. The largest absolute Gasteiger partial charge is 0.379 e. The maximum atomic E-state index is 12.6.